The summed E-state index contributed by atoms with van der Waals surface area (Å²) < 4.78 is 0. The first kappa shape index (κ1) is 10.3. The second kappa shape index (κ2) is 3.69. The molecule has 1 saturated carbocycles. The van der Waals surface area contributed by atoms with Crippen molar-refractivity contribution in [1.29, 1.82) is 0 Å². The number of aliphatic hydroxyl groups is 1. The van der Waals surface area contributed by atoms with Crippen LogP contribution in [-0.4, -0.2) is 36.2 Å². The molecule has 1 aliphatic heterocycles. The summed E-state index contributed by atoms with van der Waals surface area (Å²) in [5.41, 5.74) is 0. The Morgan fingerprint density at radius 3 is 1.88 bits per heavy atom. The third-order valence-corrected chi connectivity index (χ3v) is 5.55. The van der Waals surface area contributed by atoms with E-state index in [0.717, 1.165) is 48.5 Å². The molecule has 17 heavy (non-hydrogen) atoms. The van der Waals surface area contributed by atoms with E-state index in [1.165, 1.54) is 13.1 Å². The van der Waals surface area contributed by atoms with Gasteiger partial charge in [0.15, 0.2) is 0 Å². The molecule has 5 aliphatic rings. The molecule has 2 heteroatoms. The molecule has 4 aliphatic carbocycles. The van der Waals surface area contributed by atoms with Crippen LogP contribution in [0.1, 0.15) is 6.42 Å². The van der Waals surface area contributed by atoms with Gasteiger partial charge in [0.2, 0.25) is 0 Å². The van der Waals surface area contributed by atoms with Crippen LogP contribution >= 0.6 is 0 Å². The van der Waals surface area contributed by atoms with Crippen LogP contribution in [0.4, 0.5) is 0 Å². The summed E-state index contributed by atoms with van der Waals surface area (Å²) in [4.78, 5) is 2.59. The van der Waals surface area contributed by atoms with E-state index in [1.807, 2.05) is 0 Å². The highest BCUT2D eigenvalue weighted by Gasteiger charge is 2.54. The summed E-state index contributed by atoms with van der Waals surface area (Å²) in [5, 5.41) is 8.95. The maximum atomic E-state index is 8.95. The normalized spacial score (nSPS) is 50.2. The van der Waals surface area contributed by atoms with Gasteiger partial charge in [-0.15, -0.1) is 0 Å². The van der Waals surface area contributed by atoms with Gasteiger partial charge in [-0.2, -0.15) is 0 Å². The number of hydrogen-bond donors (Lipinski definition) is 1. The zero-order chi connectivity index (χ0) is 11.4. The predicted octanol–water partition coefficient (Wildman–Crippen LogP) is 1.53. The lowest BCUT2D eigenvalue weighted by Gasteiger charge is -2.53. The van der Waals surface area contributed by atoms with Crippen LogP contribution in [0.3, 0.4) is 0 Å². The van der Waals surface area contributed by atoms with Crippen molar-refractivity contribution in [2.45, 2.75) is 6.42 Å². The Hall–Kier alpha value is -0.600. The zero-order valence-corrected chi connectivity index (χ0v) is 10.2. The minimum atomic E-state index is 0.337. The highest BCUT2D eigenvalue weighted by Crippen LogP contribution is 2.57. The van der Waals surface area contributed by atoms with Crippen molar-refractivity contribution in [3.8, 4) is 0 Å². The maximum Gasteiger partial charge on any atom is 0.0443 e. The van der Waals surface area contributed by atoms with Gasteiger partial charge in [-0.3, -0.25) is 0 Å². The van der Waals surface area contributed by atoms with Gasteiger partial charge >= 0.3 is 0 Å². The lowest BCUT2D eigenvalue weighted by molar-refractivity contribution is 0.0672. The fourth-order valence-corrected chi connectivity index (χ4v) is 4.74. The van der Waals surface area contributed by atoms with Crippen molar-refractivity contribution in [3.05, 3.63) is 24.3 Å². The molecule has 5 rings (SSSR count). The smallest absolute Gasteiger partial charge is 0.0443 e. The summed E-state index contributed by atoms with van der Waals surface area (Å²) in [6.07, 6.45) is 10.8. The number of likely N-dealkylation sites (tertiary alicyclic amines) is 1. The van der Waals surface area contributed by atoms with Crippen LogP contribution in [0.15, 0.2) is 24.3 Å². The second-order valence-electron chi connectivity index (χ2n) is 6.24. The van der Waals surface area contributed by atoms with Gasteiger partial charge in [-0.05, 0) is 41.9 Å². The Balaban J connectivity index is 1.53. The number of hydrogen-bond acceptors (Lipinski definition) is 2. The quantitative estimate of drug-likeness (QED) is 0.745. The standard InChI is InChI=1S/C15H21NO/c17-7-1-6-16-8-14-12-4-5-13(15(14)9-16)11-3-2-10(11)12/h2-5,10-15,17H,1,6-9H2. The van der Waals surface area contributed by atoms with E-state index < -0.39 is 0 Å². The fourth-order valence-electron chi connectivity index (χ4n) is 4.74. The van der Waals surface area contributed by atoms with Gasteiger partial charge in [0, 0.05) is 26.2 Å². The van der Waals surface area contributed by atoms with E-state index in [9.17, 15) is 0 Å². The Labute approximate surface area is 103 Å². The molecule has 0 aromatic heterocycles. The topological polar surface area (TPSA) is 23.5 Å². The molecular formula is C15H21NO. The van der Waals surface area contributed by atoms with Crippen LogP contribution in [0.5, 0.6) is 0 Å². The Bertz CT molecular complexity index is 345. The Morgan fingerprint density at radius 2 is 1.41 bits per heavy atom. The molecule has 0 aromatic carbocycles. The first-order chi connectivity index (χ1) is 8.38. The molecule has 92 valence electrons. The highest BCUT2D eigenvalue weighted by atomic mass is 16.3. The lowest BCUT2D eigenvalue weighted by atomic mass is 9.50. The van der Waals surface area contributed by atoms with Crippen LogP contribution in [0, 0.1) is 35.5 Å². The van der Waals surface area contributed by atoms with E-state index in [4.69, 9.17) is 5.11 Å². The van der Waals surface area contributed by atoms with E-state index in [2.05, 4.69) is 29.2 Å². The molecule has 1 saturated heterocycles. The molecule has 1 heterocycles. The van der Waals surface area contributed by atoms with Crippen molar-refractivity contribution < 1.29 is 5.11 Å². The Morgan fingerprint density at radius 1 is 0.882 bits per heavy atom. The lowest BCUT2D eigenvalue weighted by Crippen LogP contribution is -2.49. The van der Waals surface area contributed by atoms with E-state index in [1.54, 1.807) is 0 Å². The van der Waals surface area contributed by atoms with Crippen molar-refractivity contribution in [3.63, 3.8) is 0 Å². The van der Waals surface area contributed by atoms with E-state index in [-0.39, 0.29) is 0 Å². The monoisotopic (exact) mass is 231 g/mol. The molecular weight excluding hydrogens is 210 g/mol. The minimum absolute atomic E-state index is 0.337. The van der Waals surface area contributed by atoms with Crippen molar-refractivity contribution >= 4 is 0 Å². The molecule has 2 nitrogen and oxygen atoms in total. The van der Waals surface area contributed by atoms with Crippen LogP contribution in [0.25, 0.3) is 0 Å². The summed E-state index contributed by atoms with van der Waals surface area (Å²) in [5.74, 6) is 5.16. The third-order valence-electron chi connectivity index (χ3n) is 5.55. The Kier molecular flexibility index (Phi) is 2.25. The second-order valence-corrected chi connectivity index (χ2v) is 6.24. The summed E-state index contributed by atoms with van der Waals surface area (Å²) in [7, 11) is 0. The molecule has 0 amide bonds. The first-order valence-corrected chi connectivity index (χ1v) is 7.08. The summed E-state index contributed by atoms with van der Waals surface area (Å²) in [6.45, 7) is 3.97. The summed E-state index contributed by atoms with van der Waals surface area (Å²) in [6, 6.07) is 0. The average molecular weight is 231 g/mol. The van der Waals surface area contributed by atoms with Gasteiger partial charge < -0.3 is 10.0 Å². The van der Waals surface area contributed by atoms with Gasteiger partial charge in [0.05, 0.1) is 0 Å². The van der Waals surface area contributed by atoms with Gasteiger partial charge in [-0.25, -0.2) is 0 Å². The van der Waals surface area contributed by atoms with Crippen molar-refractivity contribution in [2.75, 3.05) is 26.2 Å². The molecule has 2 fully saturated rings. The van der Waals surface area contributed by atoms with Crippen LogP contribution < -0.4 is 0 Å². The van der Waals surface area contributed by atoms with Gasteiger partial charge in [0.1, 0.15) is 0 Å². The van der Waals surface area contributed by atoms with E-state index >= 15 is 0 Å². The van der Waals surface area contributed by atoms with E-state index in [0.29, 0.717) is 6.61 Å². The maximum absolute atomic E-state index is 8.95. The molecule has 6 atom stereocenters. The molecule has 2 bridgehead atoms. The average Bonchev–Trinajstić information content (AvgIpc) is 2.71. The molecule has 1 N–H and O–H groups in total. The van der Waals surface area contributed by atoms with Crippen LogP contribution in [-0.2, 0) is 0 Å². The largest absolute Gasteiger partial charge is 0.396 e. The summed E-state index contributed by atoms with van der Waals surface area (Å²) >= 11 is 0. The molecule has 0 spiro atoms. The van der Waals surface area contributed by atoms with Gasteiger partial charge in [0.25, 0.3) is 0 Å². The number of allylic oxidation sites excluding steroid dienone is 4. The number of rotatable bonds is 3. The first-order valence-electron chi connectivity index (χ1n) is 7.08. The third kappa shape index (κ3) is 1.34. The zero-order valence-electron chi connectivity index (χ0n) is 10.2. The van der Waals surface area contributed by atoms with Crippen molar-refractivity contribution in [1.82, 2.24) is 4.90 Å². The predicted molar refractivity (Wildman–Crippen MR) is 67.4 cm³/mol. The number of aliphatic hydroxyl groups excluding tert-OH is 1. The minimum Gasteiger partial charge on any atom is -0.396 e. The van der Waals surface area contributed by atoms with Crippen LogP contribution in [0.2, 0.25) is 0 Å². The SMILES string of the molecule is OCCCN1CC2C3C=CC(C4C=CC43)C2C1. The van der Waals surface area contributed by atoms with Crippen molar-refractivity contribution in [2.24, 2.45) is 35.5 Å². The molecule has 0 radical (unpaired) electrons. The fraction of sp³-hybridized carbons (Fsp3) is 0.733. The highest BCUT2D eigenvalue weighted by molar-refractivity contribution is 5.28. The number of nitrogens with zero attached hydrogens (tertiary/aromatic N) is 1. The van der Waals surface area contributed by atoms with Gasteiger partial charge in [-0.1, -0.05) is 24.3 Å². The molecule has 0 aromatic rings. The molecule has 6 unspecified atom stereocenters.